The number of amides is 1. The molecule has 4 heteroatoms. The van der Waals surface area contributed by atoms with Crippen LogP contribution < -0.4 is 11.1 Å². The Morgan fingerprint density at radius 1 is 1.19 bits per heavy atom. The van der Waals surface area contributed by atoms with Crippen molar-refractivity contribution in [3.63, 3.8) is 0 Å². The average Bonchev–Trinajstić information content (AvgIpc) is 3.03. The summed E-state index contributed by atoms with van der Waals surface area (Å²) in [5, 5.41) is 3.06. The number of carbonyl (C=O) groups is 1. The first-order valence-corrected chi connectivity index (χ1v) is 7.82. The highest BCUT2D eigenvalue weighted by Crippen LogP contribution is 2.49. The van der Waals surface area contributed by atoms with Crippen LogP contribution in [0, 0.1) is 17.8 Å². The number of anilines is 1. The summed E-state index contributed by atoms with van der Waals surface area (Å²) in [5.41, 5.74) is 7.66. The predicted octanol–water partition coefficient (Wildman–Crippen LogP) is 3.18. The quantitative estimate of drug-likeness (QED) is 0.821. The first-order valence-electron chi connectivity index (χ1n) is 7.82. The molecule has 2 fully saturated rings. The lowest BCUT2D eigenvalue weighted by Gasteiger charge is -2.20. The van der Waals surface area contributed by atoms with Gasteiger partial charge in [0.05, 0.1) is 0 Å². The molecule has 3 nitrogen and oxygen atoms in total. The lowest BCUT2D eigenvalue weighted by Crippen LogP contribution is -2.29. The summed E-state index contributed by atoms with van der Waals surface area (Å²) in [4.78, 5) is 12.0. The zero-order valence-electron chi connectivity index (χ0n) is 12.4. The van der Waals surface area contributed by atoms with Crippen molar-refractivity contribution < 1.29 is 4.79 Å². The molecular weight excluding hydrogens is 284 g/mol. The number of nitrogens with two attached hydrogens (primary N) is 1. The Bertz CT molecular complexity index is 474. The van der Waals surface area contributed by atoms with Gasteiger partial charge in [0.15, 0.2) is 0 Å². The second-order valence-electron chi connectivity index (χ2n) is 6.48. The molecule has 1 aromatic rings. The summed E-state index contributed by atoms with van der Waals surface area (Å²) in [6, 6.07) is 7.87. The molecule has 116 valence electrons. The monoisotopic (exact) mass is 308 g/mol. The van der Waals surface area contributed by atoms with Crippen molar-refractivity contribution >= 4 is 24.0 Å². The molecule has 2 aliphatic rings. The second-order valence-corrected chi connectivity index (χ2v) is 6.48. The van der Waals surface area contributed by atoms with Crippen molar-refractivity contribution in [1.82, 2.24) is 5.32 Å². The van der Waals surface area contributed by atoms with Gasteiger partial charge >= 0.3 is 0 Å². The van der Waals surface area contributed by atoms with Crippen molar-refractivity contribution in [3.05, 3.63) is 29.8 Å². The van der Waals surface area contributed by atoms with Gasteiger partial charge in [-0.25, -0.2) is 0 Å². The third-order valence-electron chi connectivity index (χ3n) is 5.05. The van der Waals surface area contributed by atoms with E-state index in [0.29, 0.717) is 5.92 Å². The molecule has 2 aliphatic carbocycles. The summed E-state index contributed by atoms with van der Waals surface area (Å²) in [5.74, 6) is 2.65. The molecule has 21 heavy (non-hydrogen) atoms. The summed E-state index contributed by atoms with van der Waals surface area (Å²) in [7, 11) is 0. The van der Waals surface area contributed by atoms with Crippen molar-refractivity contribution in [3.8, 4) is 0 Å². The van der Waals surface area contributed by atoms with Crippen LogP contribution in [0.3, 0.4) is 0 Å². The SMILES string of the molecule is Cl.Nc1ccc(CCNC(=O)CC2CC3CCC2C3)cc1. The van der Waals surface area contributed by atoms with Crippen LogP contribution >= 0.6 is 12.4 Å². The van der Waals surface area contributed by atoms with E-state index in [1.54, 1.807) is 0 Å². The number of fused-ring (bicyclic) bond motifs is 2. The highest BCUT2D eigenvalue weighted by atomic mass is 35.5. The van der Waals surface area contributed by atoms with Gasteiger partial charge in [0.25, 0.3) is 0 Å². The Kier molecular flexibility index (Phi) is 5.51. The van der Waals surface area contributed by atoms with Gasteiger partial charge in [-0.2, -0.15) is 0 Å². The van der Waals surface area contributed by atoms with E-state index < -0.39 is 0 Å². The number of hydrogen-bond acceptors (Lipinski definition) is 2. The lowest BCUT2D eigenvalue weighted by molar-refractivity contribution is -0.122. The van der Waals surface area contributed by atoms with Gasteiger partial charge in [-0.1, -0.05) is 18.6 Å². The van der Waals surface area contributed by atoms with Gasteiger partial charge in [0.2, 0.25) is 5.91 Å². The van der Waals surface area contributed by atoms with E-state index in [9.17, 15) is 4.79 Å². The molecule has 0 aliphatic heterocycles. The Hall–Kier alpha value is -1.22. The van der Waals surface area contributed by atoms with Crippen molar-refractivity contribution in [2.45, 2.75) is 38.5 Å². The summed E-state index contributed by atoms with van der Waals surface area (Å²) >= 11 is 0. The number of nitrogen functional groups attached to an aromatic ring is 1. The Balaban J connectivity index is 0.00000161. The molecule has 0 spiro atoms. The lowest BCUT2D eigenvalue weighted by atomic mass is 9.86. The van der Waals surface area contributed by atoms with Crippen molar-refractivity contribution in [2.75, 3.05) is 12.3 Å². The molecule has 3 atom stereocenters. The molecule has 3 unspecified atom stereocenters. The summed E-state index contributed by atoms with van der Waals surface area (Å²) < 4.78 is 0. The molecule has 0 aromatic heterocycles. The van der Waals surface area contributed by atoms with Crippen LogP contribution in [-0.2, 0) is 11.2 Å². The van der Waals surface area contributed by atoms with Crippen LogP contribution in [0.15, 0.2) is 24.3 Å². The van der Waals surface area contributed by atoms with E-state index in [4.69, 9.17) is 5.73 Å². The minimum atomic E-state index is 0. The van der Waals surface area contributed by atoms with Gasteiger partial charge in [-0.05, 0) is 61.1 Å². The van der Waals surface area contributed by atoms with Gasteiger partial charge in [-0.3, -0.25) is 4.79 Å². The smallest absolute Gasteiger partial charge is 0.220 e. The largest absolute Gasteiger partial charge is 0.399 e. The van der Waals surface area contributed by atoms with E-state index in [2.05, 4.69) is 5.32 Å². The Morgan fingerprint density at radius 2 is 1.95 bits per heavy atom. The van der Waals surface area contributed by atoms with Gasteiger partial charge < -0.3 is 11.1 Å². The third kappa shape index (κ3) is 4.13. The highest BCUT2D eigenvalue weighted by Gasteiger charge is 2.39. The summed E-state index contributed by atoms with van der Waals surface area (Å²) in [6.45, 7) is 0.726. The molecule has 0 heterocycles. The van der Waals surface area contributed by atoms with Gasteiger partial charge in [-0.15, -0.1) is 12.4 Å². The fraction of sp³-hybridized carbons (Fsp3) is 0.588. The van der Waals surface area contributed by atoms with Crippen LogP contribution in [0.1, 0.15) is 37.7 Å². The van der Waals surface area contributed by atoms with Crippen LogP contribution in [0.5, 0.6) is 0 Å². The molecule has 0 saturated heterocycles. The van der Waals surface area contributed by atoms with Crippen LogP contribution in [0.4, 0.5) is 5.69 Å². The van der Waals surface area contributed by atoms with Crippen LogP contribution in [-0.4, -0.2) is 12.5 Å². The topological polar surface area (TPSA) is 55.1 Å². The molecule has 3 rings (SSSR count). The van der Waals surface area contributed by atoms with E-state index in [0.717, 1.165) is 36.9 Å². The number of nitrogens with one attached hydrogen (secondary N) is 1. The predicted molar refractivity (Wildman–Crippen MR) is 88.4 cm³/mol. The minimum Gasteiger partial charge on any atom is -0.399 e. The average molecular weight is 309 g/mol. The maximum absolute atomic E-state index is 12.0. The normalized spacial score (nSPS) is 26.4. The van der Waals surface area contributed by atoms with Crippen molar-refractivity contribution in [1.29, 1.82) is 0 Å². The van der Waals surface area contributed by atoms with Gasteiger partial charge in [0, 0.05) is 18.7 Å². The molecule has 2 bridgehead atoms. The zero-order chi connectivity index (χ0) is 13.9. The molecule has 1 aromatic carbocycles. The minimum absolute atomic E-state index is 0. The van der Waals surface area contributed by atoms with E-state index >= 15 is 0 Å². The van der Waals surface area contributed by atoms with Crippen LogP contribution in [0.25, 0.3) is 0 Å². The molecule has 1 amide bonds. The maximum atomic E-state index is 12.0. The van der Waals surface area contributed by atoms with E-state index in [1.807, 2.05) is 24.3 Å². The maximum Gasteiger partial charge on any atom is 0.220 e. The number of benzene rings is 1. The summed E-state index contributed by atoms with van der Waals surface area (Å²) in [6.07, 6.45) is 7.04. The Morgan fingerprint density at radius 3 is 2.57 bits per heavy atom. The highest BCUT2D eigenvalue weighted by molar-refractivity contribution is 5.85. The molecular formula is C17H25ClN2O. The van der Waals surface area contributed by atoms with E-state index in [-0.39, 0.29) is 18.3 Å². The number of halogens is 1. The van der Waals surface area contributed by atoms with Crippen molar-refractivity contribution in [2.24, 2.45) is 17.8 Å². The van der Waals surface area contributed by atoms with Gasteiger partial charge in [0.1, 0.15) is 0 Å². The first kappa shape index (κ1) is 16.2. The first-order chi connectivity index (χ1) is 9.70. The Labute approximate surface area is 133 Å². The second kappa shape index (κ2) is 7.17. The molecule has 2 saturated carbocycles. The molecule has 0 radical (unpaired) electrons. The molecule has 3 N–H and O–H groups in total. The standard InChI is InChI=1S/C17H24N2O.ClH/c18-16-5-2-12(3-6-16)7-8-19-17(20)11-15-10-13-1-4-14(15)9-13;/h2-3,5-6,13-15H,1,4,7-11,18H2,(H,19,20);1H. The van der Waals surface area contributed by atoms with E-state index in [1.165, 1.54) is 31.2 Å². The number of hydrogen-bond donors (Lipinski definition) is 2. The van der Waals surface area contributed by atoms with Crippen LogP contribution in [0.2, 0.25) is 0 Å². The fourth-order valence-electron chi connectivity index (χ4n) is 3.97. The zero-order valence-corrected chi connectivity index (χ0v) is 13.2. The number of rotatable bonds is 5. The number of carbonyl (C=O) groups excluding carboxylic acids is 1. The fourth-order valence-corrected chi connectivity index (χ4v) is 3.97. The third-order valence-corrected chi connectivity index (χ3v) is 5.05.